The molecule has 0 radical (unpaired) electrons. The highest BCUT2D eigenvalue weighted by Crippen LogP contribution is 2.31. The van der Waals surface area contributed by atoms with Crippen molar-refractivity contribution in [2.75, 3.05) is 69.3 Å². The number of morpholine rings is 2. The monoisotopic (exact) mass is 594 g/mol. The van der Waals surface area contributed by atoms with E-state index in [2.05, 4.69) is 47.7 Å². The van der Waals surface area contributed by atoms with Gasteiger partial charge in [0.05, 0.1) is 38.3 Å². The molecule has 0 atom stereocenters. The summed E-state index contributed by atoms with van der Waals surface area (Å²) in [6.45, 7) is 10.4. The van der Waals surface area contributed by atoms with Crippen LogP contribution in [-0.4, -0.2) is 106 Å². The van der Waals surface area contributed by atoms with E-state index in [1.54, 1.807) is 17.4 Å². The lowest BCUT2D eigenvalue weighted by Crippen LogP contribution is -2.70. The third-order valence-corrected chi connectivity index (χ3v) is 8.40. The maximum atomic E-state index is 13.1. The van der Waals surface area contributed by atoms with Gasteiger partial charge in [0, 0.05) is 50.3 Å². The number of carbonyl (C=O) groups is 2. The van der Waals surface area contributed by atoms with Crippen molar-refractivity contribution in [2.45, 2.75) is 12.1 Å². The second kappa shape index (κ2) is 11.8. The third-order valence-electron chi connectivity index (χ3n) is 8.40. The van der Waals surface area contributed by atoms with Crippen molar-refractivity contribution < 1.29 is 19.1 Å². The zero-order valence-electron chi connectivity index (χ0n) is 24.4. The van der Waals surface area contributed by atoms with Crippen molar-refractivity contribution in [2.24, 2.45) is 0 Å². The highest BCUT2D eigenvalue weighted by molar-refractivity contribution is 6.03. The van der Waals surface area contributed by atoms with Gasteiger partial charge in [-0.1, -0.05) is 18.7 Å². The molecule has 0 bridgehead atoms. The number of benzene rings is 1. The lowest BCUT2D eigenvalue weighted by molar-refractivity contribution is -0.189. The Labute approximate surface area is 254 Å². The second-order valence-corrected chi connectivity index (χ2v) is 11.5. The standard InChI is InChI=1S/C32H34N8O4/c1-2-28(41)40-19-32(20-40)18-38(9-14-44-32)17-22-7-8-33-27(15-22)31(42)36-24-5-3-23(4-6-24)26-16-25-29(37-26)34-21-35-30(25)39-10-12-43-13-11-39/h2-8,15-16,21H,1,9-14,17-20H2,(H,36,42)(H,34,35,37). The number of pyridine rings is 1. The van der Waals surface area contributed by atoms with Crippen LogP contribution in [0.1, 0.15) is 16.1 Å². The predicted molar refractivity (Wildman–Crippen MR) is 165 cm³/mol. The first-order chi connectivity index (χ1) is 21.5. The van der Waals surface area contributed by atoms with Crippen molar-refractivity contribution in [3.8, 4) is 11.3 Å². The van der Waals surface area contributed by atoms with Gasteiger partial charge in [-0.2, -0.15) is 0 Å². The summed E-state index contributed by atoms with van der Waals surface area (Å²) in [6, 6.07) is 13.5. The molecule has 3 aromatic heterocycles. The first kappa shape index (κ1) is 28.1. The van der Waals surface area contributed by atoms with Gasteiger partial charge in [-0.15, -0.1) is 0 Å². The normalized spacial score (nSPS) is 18.3. The number of aromatic nitrogens is 4. The molecule has 3 saturated heterocycles. The van der Waals surface area contributed by atoms with Gasteiger partial charge in [0.1, 0.15) is 29.1 Å². The summed E-state index contributed by atoms with van der Waals surface area (Å²) in [5.41, 5.74) is 4.37. The summed E-state index contributed by atoms with van der Waals surface area (Å²) in [6.07, 6.45) is 4.59. The van der Waals surface area contributed by atoms with Crippen molar-refractivity contribution in [1.29, 1.82) is 0 Å². The molecule has 1 spiro atoms. The van der Waals surface area contributed by atoms with Gasteiger partial charge in [-0.3, -0.25) is 19.5 Å². The summed E-state index contributed by atoms with van der Waals surface area (Å²) in [5, 5.41) is 3.94. The van der Waals surface area contributed by atoms with Crippen LogP contribution in [0.15, 0.2) is 67.6 Å². The number of likely N-dealkylation sites (tertiary alicyclic amines) is 1. The average molecular weight is 595 g/mol. The summed E-state index contributed by atoms with van der Waals surface area (Å²) >= 11 is 0. The van der Waals surface area contributed by atoms with Crippen LogP contribution in [0, 0.1) is 0 Å². The van der Waals surface area contributed by atoms with E-state index in [0.29, 0.717) is 50.8 Å². The number of amides is 2. The third kappa shape index (κ3) is 5.66. The molecule has 2 N–H and O–H groups in total. The second-order valence-electron chi connectivity index (χ2n) is 11.5. The molecule has 3 aliphatic rings. The average Bonchev–Trinajstić information content (AvgIpc) is 3.49. The van der Waals surface area contributed by atoms with Gasteiger partial charge < -0.3 is 29.6 Å². The number of rotatable bonds is 7. The first-order valence-electron chi connectivity index (χ1n) is 14.8. The predicted octanol–water partition coefficient (Wildman–Crippen LogP) is 2.71. The molecule has 0 saturated carbocycles. The Kier molecular flexibility index (Phi) is 7.54. The zero-order chi connectivity index (χ0) is 30.1. The molecule has 12 nitrogen and oxygen atoms in total. The molecule has 12 heteroatoms. The van der Waals surface area contributed by atoms with Crippen LogP contribution in [-0.2, 0) is 20.8 Å². The molecule has 44 heavy (non-hydrogen) atoms. The van der Waals surface area contributed by atoms with Gasteiger partial charge in [0.15, 0.2) is 0 Å². The summed E-state index contributed by atoms with van der Waals surface area (Å²) in [5.74, 6) is 0.565. The van der Waals surface area contributed by atoms with Crippen LogP contribution in [0.5, 0.6) is 0 Å². The van der Waals surface area contributed by atoms with Crippen LogP contribution in [0.3, 0.4) is 0 Å². The van der Waals surface area contributed by atoms with Gasteiger partial charge in [0.2, 0.25) is 5.91 Å². The fraction of sp³-hybridized carbons (Fsp3) is 0.344. The molecule has 0 unspecified atom stereocenters. The SMILES string of the molecule is C=CC(=O)N1CC2(CN(Cc3ccnc(C(=O)Nc4ccc(-c5cc6c(N7CCOCC7)ncnc6[nH]5)cc4)c3)CCO2)C1. The molecule has 6 heterocycles. The van der Waals surface area contributed by atoms with E-state index in [-0.39, 0.29) is 17.4 Å². The number of H-pyrrole nitrogens is 1. The Morgan fingerprint density at radius 2 is 1.82 bits per heavy atom. The smallest absolute Gasteiger partial charge is 0.274 e. The fourth-order valence-electron chi connectivity index (χ4n) is 6.18. The number of aromatic amines is 1. The zero-order valence-corrected chi connectivity index (χ0v) is 24.4. The van der Waals surface area contributed by atoms with Gasteiger partial charge >= 0.3 is 0 Å². The molecule has 2 amide bonds. The number of nitrogens with one attached hydrogen (secondary N) is 2. The first-order valence-corrected chi connectivity index (χ1v) is 14.8. The van der Waals surface area contributed by atoms with Crippen LogP contribution < -0.4 is 10.2 Å². The summed E-state index contributed by atoms with van der Waals surface area (Å²) in [4.78, 5) is 48.0. The Morgan fingerprint density at radius 1 is 1.00 bits per heavy atom. The number of carbonyl (C=O) groups excluding carboxylic acids is 2. The molecule has 0 aliphatic carbocycles. The van der Waals surface area contributed by atoms with Crippen molar-refractivity contribution in [3.63, 3.8) is 0 Å². The van der Waals surface area contributed by atoms with Crippen molar-refractivity contribution in [1.82, 2.24) is 29.7 Å². The van der Waals surface area contributed by atoms with Crippen molar-refractivity contribution >= 4 is 34.4 Å². The minimum absolute atomic E-state index is 0.0680. The van der Waals surface area contributed by atoms with E-state index in [1.165, 1.54) is 6.08 Å². The fourth-order valence-corrected chi connectivity index (χ4v) is 6.18. The van der Waals surface area contributed by atoms with Gasteiger partial charge in [-0.25, -0.2) is 9.97 Å². The van der Waals surface area contributed by atoms with Crippen LogP contribution in [0.4, 0.5) is 11.5 Å². The minimum Gasteiger partial charge on any atom is -0.378 e. The van der Waals surface area contributed by atoms with E-state index < -0.39 is 0 Å². The molecule has 3 aliphatic heterocycles. The summed E-state index contributed by atoms with van der Waals surface area (Å²) in [7, 11) is 0. The minimum atomic E-state index is -0.332. The molecular formula is C32H34N8O4. The highest BCUT2D eigenvalue weighted by Gasteiger charge is 2.48. The molecule has 226 valence electrons. The van der Waals surface area contributed by atoms with E-state index in [9.17, 15) is 9.59 Å². The number of ether oxygens (including phenoxy) is 2. The van der Waals surface area contributed by atoms with Gasteiger partial charge in [-0.05, 0) is 47.5 Å². The number of nitrogens with zero attached hydrogens (tertiary/aromatic N) is 6. The molecule has 3 fully saturated rings. The summed E-state index contributed by atoms with van der Waals surface area (Å²) < 4.78 is 11.5. The molecular weight excluding hydrogens is 560 g/mol. The lowest BCUT2D eigenvalue weighted by atomic mass is 9.91. The number of fused-ring (bicyclic) bond motifs is 1. The topological polar surface area (TPSA) is 129 Å². The van der Waals surface area contributed by atoms with E-state index in [1.807, 2.05) is 36.4 Å². The molecule has 4 aromatic rings. The van der Waals surface area contributed by atoms with Gasteiger partial charge in [0.25, 0.3) is 5.91 Å². The van der Waals surface area contributed by atoms with Crippen LogP contribution in [0.25, 0.3) is 22.3 Å². The van der Waals surface area contributed by atoms with Crippen LogP contribution >= 0.6 is 0 Å². The number of hydrogen-bond donors (Lipinski definition) is 2. The Morgan fingerprint density at radius 3 is 2.61 bits per heavy atom. The quantitative estimate of drug-likeness (QED) is 0.310. The van der Waals surface area contributed by atoms with Crippen LogP contribution in [0.2, 0.25) is 0 Å². The van der Waals surface area contributed by atoms with Crippen molar-refractivity contribution in [3.05, 3.63) is 78.9 Å². The number of hydrogen-bond acceptors (Lipinski definition) is 9. The lowest BCUT2D eigenvalue weighted by Gasteiger charge is -2.53. The maximum Gasteiger partial charge on any atom is 0.274 e. The number of anilines is 2. The van der Waals surface area contributed by atoms with E-state index in [4.69, 9.17) is 9.47 Å². The molecule has 1 aromatic carbocycles. The largest absolute Gasteiger partial charge is 0.378 e. The molecule has 7 rings (SSSR count). The van der Waals surface area contributed by atoms with E-state index in [0.717, 1.165) is 59.9 Å². The highest BCUT2D eigenvalue weighted by atomic mass is 16.5. The Bertz CT molecular complexity index is 1690. The Hall–Kier alpha value is -4.65. The Balaban J connectivity index is 0.988. The maximum absolute atomic E-state index is 13.1. The van der Waals surface area contributed by atoms with E-state index >= 15 is 0 Å².